The number of nitrogens with two attached hydrogens (primary N) is 1. The zero-order valence-corrected chi connectivity index (χ0v) is 12.5. The highest BCUT2D eigenvalue weighted by molar-refractivity contribution is 7.13. The molecule has 0 atom stereocenters. The van der Waals surface area contributed by atoms with Gasteiger partial charge in [-0.25, -0.2) is 13.8 Å². The van der Waals surface area contributed by atoms with Gasteiger partial charge < -0.3 is 5.73 Å². The van der Waals surface area contributed by atoms with Gasteiger partial charge in [0, 0.05) is 17.3 Å². The van der Waals surface area contributed by atoms with Crippen molar-refractivity contribution in [2.24, 2.45) is 0 Å². The number of thiazole rings is 1. The molecule has 0 spiro atoms. The molecule has 7 heteroatoms. The van der Waals surface area contributed by atoms with Gasteiger partial charge in [0.2, 0.25) is 0 Å². The zero-order chi connectivity index (χ0) is 16.4. The van der Waals surface area contributed by atoms with Gasteiger partial charge in [0.1, 0.15) is 11.6 Å². The van der Waals surface area contributed by atoms with Crippen LogP contribution in [-0.2, 0) is 0 Å². The van der Waals surface area contributed by atoms with E-state index < -0.39 is 17.5 Å². The lowest BCUT2D eigenvalue weighted by Crippen LogP contribution is -2.14. The summed E-state index contributed by atoms with van der Waals surface area (Å²) in [5.41, 5.74) is 6.18. The Balaban J connectivity index is 2.01. The molecule has 0 saturated heterocycles. The van der Waals surface area contributed by atoms with Crippen LogP contribution in [0.1, 0.15) is 10.4 Å². The number of nitrogens with one attached hydrogen (secondary N) is 1. The molecule has 0 unspecified atom stereocenters. The maximum Gasteiger partial charge on any atom is 0.259 e. The van der Waals surface area contributed by atoms with Gasteiger partial charge in [0.05, 0.1) is 11.1 Å². The van der Waals surface area contributed by atoms with Crippen molar-refractivity contribution in [3.63, 3.8) is 0 Å². The number of nitrogen functional groups attached to an aromatic ring is 1. The molecule has 1 heterocycles. The maximum atomic E-state index is 13.9. The molecule has 1 aromatic heterocycles. The van der Waals surface area contributed by atoms with Gasteiger partial charge in [-0.3, -0.25) is 10.1 Å². The van der Waals surface area contributed by atoms with Gasteiger partial charge in [-0.05, 0) is 29.8 Å². The summed E-state index contributed by atoms with van der Waals surface area (Å²) in [6.45, 7) is 0. The van der Waals surface area contributed by atoms with Crippen LogP contribution < -0.4 is 11.1 Å². The molecule has 4 nitrogen and oxygen atoms in total. The van der Waals surface area contributed by atoms with Crippen LogP contribution in [0.3, 0.4) is 0 Å². The minimum Gasteiger partial charge on any atom is -0.398 e. The topological polar surface area (TPSA) is 68.0 Å². The molecule has 3 rings (SSSR count). The summed E-state index contributed by atoms with van der Waals surface area (Å²) in [7, 11) is 0. The average Bonchev–Trinajstić information content (AvgIpc) is 3.01. The van der Waals surface area contributed by atoms with Crippen LogP contribution in [0.25, 0.3) is 11.1 Å². The van der Waals surface area contributed by atoms with E-state index in [1.54, 1.807) is 11.6 Å². The number of benzene rings is 2. The number of amides is 1. The molecular formula is C16H11F2N3OS. The van der Waals surface area contributed by atoms with Gasteiger partial charge in [0.25, 0.3) is 5.91 Å². The fourth-order valence-electron chi connectivity index (χ4n) is 2.13. The molecule has 0 aliphatic heterocycles. The van der Waals surface area contributed by atoms with Crippen LogP contribution in [0.4, 0.5) is 19.6 Å². The molecule has 0 saturated carbocycles. The van der Waals surface area contributed by atoms with Gasteiger partial charge in [-0.2, -0.15) is 0 Å². The molecular weight excluding hydrogens is 320 g/mol. The molecule has 116 valence electrons. The summed E-state index contributed by atoms with van der Waals surface area (Å²) in [6, 6.07) is 7.87. The second kappa shape index (κ2) is 6.13. The van der Waals surface area contributed by atoms with Crippen LogP contribution in [0.15, 0.2) is 48.0 Å². The molecule has 0 fully saturated rings. The first-order valence-corrected chi connectivity index (χ1v) is 7.49. The van der Waals surface area contributed by atoms with E-state index in [-0.39, 0.29) is 22.4 Å². The zero-order valence-electron chi connectivity index (χ0n) is 11.7. The number of carbonyl (C=O) groups excluding carboxylic acids is 1. The Labute approximate surface area is 134 Å². The Kier molecular flexibility index (Phi) is 4.03. The van der Waals surface area contributed by atoms with Gasteiger partial charge in [-0.1, -0.05) is 12.1 Å². The number of halogens is 2. The second-order valence-corrected chi connectivity index (χ2v) is 5.58. The van der Waals surface area contributed by atoms with E-state index in [0.717, 1.165) is 12.1 Å². The number of carbonyl (C=O) groups is 1. The standard InChI is InChI=1S/C16H11F2N3OS/c17-11-2-1-3-12(18)14(11)9-4-5-13(19)10(8-9)15(22)21-16-20-6-7-23-16/h1-8H,19H2,(H,20,21,22). The predicted molar refractivity (Wildman–Crippen MR) is 86.3 cm³/mol. The van der Waals surface area contributed by atoms with Crippen molar-refractivity contribution in [1.29, 1.82) is 0 Å². The monoisotopic (exact) mass is 331 g/mol. The quantitative estimate of drug-likeness (QED) is 0.715. The molecule has 3 aromatic rings. The van der Waals surface area contributed by atoms with E-state index >= 15 is 0 Å². The molecule has 23 heavy (non-hydrogen) atoms. The number of hydrogen-bond acceptors (Lipinski definition) is 4. The lowest BCUT2D eigenvalue weighted by Gasteiger charge is -2.10. The van der Waals surface area contributed by atoms with Crippen LogP contribution in [0, 0.1) is 11.6 Å². The third kappa shape index (κ3) is 3.04. The Morgan fingerprint density at radius 3 is 2.57 bits per heavy atom. The van der Waals surface area contributed by atoms with Crippen molar-refractivity contribution in [3.05, 3.63) is 65.2 Å². The summed E-state index contributed by atoms with van der Waals surface area (Å²) in [5.74, 6) is -1.90. The summed E-state index contributed by atoms with van der Waals surface area (Å²) >= 11 is 1.25. The molecule has 2 aromatic carbocycles. The van der Waals surface area contributed by atoms with Crippen molar-refractivity contribution in [3.8, 4) is 11.1 Å². The lowest BCUT2D eigenvalue weighted by atomic mass is 10.0. The van der Waals surface area contributed by atoms with Gasteiger partial charge in [-0.15, -0.1) is 11.3 Å². The third-order valence-corrected chi connectivity index (χ3v) is 3.89. The first-order chi connectivity index (χ1) is 11.1. The van der Waals surface area contributed by atoms with Gasteiger partial charge in [0.15, 0.2) is 5.13 Å². The number of nitrogens with zero attached hydrogens (tertiary/aromatic N) is 1. The number of aromatic nitrogens is 1. The molecule has 1 amide bonds. The molecule has 0 aliphatic carbocycles. The Morgan fingerprint density at radius 2 is 1.91 bits per heavy atom. The highest BCUT2D eigenvalue weighted by atomic mass is 32.1. The van der Waals surface area contributed by atoms with Crippen molar-refractivity contribution in [1.82, 2.24) is 4.98 Å². The third-order valence-electron chi connectivity index (χ3n) is 3.20. The maximum absolute atomic E-state index is 13.9. The van der Waals surface area contributed by atoms with E-state index in [2.05, 4.69) is 10.3 Å². The fraction of sp³-hybridized carbons (Fsp3) is 0. The van der Waals surface area contributed by atoms with Crippen molar-refractivity contribution >= 4 is 28.1 Å². The summed E-state index contributed by atoms with van der Waals surface area (Å²) < 4.78 is 27.8. The van der Waals surface area contributed by atoms with Crippen LogP contribution in [-0.4, -0.2) is 10.9 Å². The van der Waals surface area contributed by atoms with E-state index in [4.69, 9.17) is 5.73 Å². The summed E-state index contributed by atoms with van der Waals surface area (Å²) in [6.07, 6.45) is 1.55. The van der Waals surface area contributed by atoms with Crippen LogP contribution >= 0.6 is 11.3 Å². The van der Waals surface area contributed by atoms with E-state index in [9.17, 15) is 13.6 Å². The summed E-state index contributed by atoms with van der Waals surface area (Å²) in [5, 5.41) is 4.71. The van der Waals surface area contributed by atoms with E-state index in [0.29, 0.717) is 5.13 Å². The second-order valence-electron chi connectivity index (χ2n) is 4.69. The fourth-order valence-corrected chi connectivity index (χ4v) is 2.66. The van der Waals surface area contributed by atoms with Crippen molar-refractivity contribution in [2.75, 3.05) is 11.1 Å². The normalized spacial score (nSPS) is 10.5. The van der Waals surface area contributed by atoms with Crippen molar-refractivity contribution < 1.29 is 13.6 Å². The molecule has 0 aliphatic rings. The first kappa shape index (κ1) is 15.1. The largest absolute Gasteiger partial charge is 0.398 e. The highest BCUT2D eigenvalue weighted by Gasteiger charge is 2.16. The van der Waals surface area contributed by atoms with Gasteiger partial charge >= 0.3 is 0 Å². The molecule has 3 N–H and O–H groups in total. The Hall–Kier alpha value is -2.80. The minimum atomic E-state index is -0.707. The summed E-state index contributed by atoms with van der Waals surface area (Å²) in [4.78, 5) is 16.2. The van der Waals surface area contributed by atoms with Crippen LogP contribution in [0.5, 0.6) is 0 Å². The lowest BCUT2D eigenvalue weighted by molar-refractivity contribution is 0.102. The van der Waals surface area contributed by atoms with Crippen LogP contribution in [0.2, 0.25) is 0 Å². The first-order valence-electron chi connectivity index (χ1n) is 6.61. The highest BCUT2D eigenvalue weighted by Crippen LogP contribution is 2.29. The smallest absolute Gasteiger partial charge is 0.259 e. The average molecular weight is 331 g/mol. The minimum absolute atomic E-state index is 0.125. The SMILES string of the molecule is Nc1ccc(-c2c(F)cccc2F)cc1C(=O)Nc1nccs1. The molecule has 0 bridgehead atoms. The predicted octanol–water partition coefficient (Wildman–Crippen LogP) is 3.92. The number of anilines is 2. The van der Waals surface area contributed by atoms with E-state index in [1.165, 1.54) is 35.6 Å². The number of hydrogen-bond donors (Lipinski definition) is 2. The Bertz CT molecular complexity index is 846. The Morgan fingerprint density at radius 1 is 1.17 bits per heavy atom. The van der Waals surface area contributed by atoms with Crippen molar-refractivity contribution in [2.45, 2.75) is 0 Å². The molecule has 0 radical (unpaired) electrons. The number of rotatable bonds is 3. The van der Waals surface area contributed by atoms with E-state index in [1.807, 2.05) is 0 Å².